The van der Waals surface area contributed by atoms with Gasteiger partial charge in [-0.3, -0.25) is 0 Å². The van der Waals surface area contributed by atoms with Crippen LogP contribution in [0.2, 0.25) is 0 Å². The summed E-state index contributed by atoms with van der Waals surface area (Å²) >= 11 is 0. The van der Waals surface area contributed by atoms with Crippen LogP contribution in [0.3, 0.4) is 0 Å². The molecule has 0 aliphatic heterocycles. The molecule has 2 bridgehead atoms. The Kier molecular flexibility index (Phi) is 2.64. The number of aliphatic hydroxyl groups is 2. The Balaban J connectivity index is 2.02. The highest BCUT2D eigenvalue weighted by Gasteiger charge is 2.46. The molecular weight excluding hydrogens is 172 g/mol. The van der Waals surface area contributed by atoms with Crippen molar-refractivity contribution in [2.75, 3.05) is 13.6 Å². The van der Waals surface area contributed by atoms with Crippen molar-refractivity contribution in [1.29, 1.82) is 0 Å². The van der Waals surface area contributed by atoms with Gasteiger partial charge in [-0.15, -0.1) is 0 Å². The molecule has 2 rings (SSSR count). The molecule has 2 aliphatic rings. The van der Waals surface area contributed by atoms with Crippen LogP contribution < -0.4 is 0 Å². The SMILES string of the molecule is OCOC1C2C=CC(C2)C1OCO. The summed E-state index contributed by atoms with van der Waals surface area (Å²) < 4.78 is 10.3. The second kappa shape index (κ2) is 3.75. The predicted molar refractivity (Wildman–Crippen MR) is 44.7 cm³/mol. The van der Waals surface area contributed by atoms with E-state index in [2.05, 4.69) is 12.2 Å². The first-order valence-corrected chi connectivity index (χ1v) is 4.50. The molecular formula is C9H14O4. The molecule has 4 unspecified atom stereocenters. The Morgan fingerprint density at radius 1 is 1.00 bits per heavy atom. The molecule has 0 aromatic heterocycles. The fraction of sp³-hybridized carbons (Fsp3) is 0.778. The molecule has 74 valence electrons. The van der Waals surface area contributed by atoms with Gasteiger partial charge in [0, 0.05) is 11.8 Å². The Morgan fingerprint density at radius 3 is 1.85 bits per heavy atom. The lowest BCUT2D eigenvalue weighted by Crippen LogP contribution is -2.35. The van der Waals surface area contributed by atoms with Crippen molar-refractivity contribution in [2.45, 2.75) is 18.6 Å². The summed E-state index contributed by atoms with van der Waals surface area (Å²) in [5, 5.41) is 17.4. The van der Waals surface area contributed by atoms with E-state index in [0.717, 1.165) is 6.42 Å². The van der Waals surface area contributed by atoms with Crippen LogP contribution in [0.15, 0.2) is 12.2 Å². The van der Waals surface area contributed by atoms with Gasteiger partial charge in [-0.05, 0) is 6.42 Å². The summed E-state index contributed by atoms with van der Waals surface area (Å²) in [6.07, 6.45) is 5.03. The molecule has 0 radical (unpaired) electrons. The maximum Gasteiger partial charge on any atom is 0.144 e. The minimum atomic E-state index is -0.285. The molecule has 0 heterocycles. The molecule has 0 aromatic carbocycles. The number of hydrogen-bond acceptors (Lipinski definition) is 4. The van der Waals surface area contributed by atoms with Crippen molar-refractivity contribution in [2.24, 2.45) is 11.8 Å². The number of hydrogen-bond donors (Lipinski definition) is 2. The minimum absolute atomic E-state index is 0.0906. The Labute approximate surface area is 76.8 Å². The Bertz CT molecular complexity index is 184. The van der Waals surface area contributed by atoms with Crippen molar-refractivity contribution < 1.29 is 19.7 Å². The average molecular weight is 186 g/mol. The van der Waals surface area contributed by atoms with Gasteiger partial charge in [0.05, 0.1) is 12.2 Å². The topological polar surface area (TPSA) is 58.9 Å². The first-order valence-electron chi connectivity index (χ1n) is 4.50. The van der Waals surface area contributed by atoms with E-state index >= 15 is 0 Å². The van der Waals surface area contributed by atoms with Crippen molar-refractivity contribution in [3.8, 4) is 0 Å². The van der Waals surface area contributed by atoms with Crippen molar-refractivity contribution in [3.63, 3.8) is 0 Å². The van der Waals surface area contributed by atoms with Gasteiger partial charge in [0.25, 0.3) is 0 Å². The van der Waals surface area contributed by atoms with Crippen LogP contribution in [0.25, 0.3) is 0 Å². The lowest BCUT2D eigenvalue weighted by atomic mass is 10.0. The number of rotatable bonds is 4. The molecule has 4 nitrogen and oxygen atoms in total. The summed E-state index contributed by atoms with van der Waals surface area (Å²) in [5.41, 5.74) is 0. The smallest absolute Gasteiger partial charge is 0.144 e. The summed E-state index contributed by atoms with van der Waals surface area (Å²) in [5.74, 6) is 0.683. The third kappa shape index (κ3) is 1.50. The third-order valence-corrected chi connectivity index (χ3v) is 2.85. The molecule has 13 heavy (non-hydrogen) atoms. The van der Waals surface area contributed by atoms with E-state index in [1.54, 1.807) is 0 Å². The van der Waals surface area contributed by atoms with E-state index in [4.69, 9.17) is 19.7 Å². The van der Waals surface area contributed by atoms with Gasteiger partial charge >= 0.3 is 0 Å². The highest BCUT2D eigenvalue weighted by Crippen LogP contribution is 2.42. The van der Waals surface area contributed by atoms with Crippen LogP contribution in [0.1, 0.15) is 6.42 Å². The van der Waals surface area contributed by atoms with E-state index < -0.39 is 0 Å². The normalized spacial score (nSPS) is 41.7. The van der Waals surface area contributed by atoms with E-state index in [-0.39, 0.29) is 25.8 Å². The molecule has 2 N–H and O–H groups in total. The van der Waals surface area contributed by atoms with Gasteiger partial charge in [0.15, 0.2) is 0 Å². The van der Waals surface area contributed by atoms with Crippen LogP contribution in [0, 0.1) is 11.8 Å². The second-order valence-corrected chi connectivity index (χ2v) is 3.47. The molecule has 2 aliphatic carbocycles. The van der Waals surface area contributed by atoms with Crippen molar-refractivity contribution >= 4 is 0 Å². The predicted octanol–water partition coefficient (Wildman–Crippen LogP) is -0.138. The fourth-order valence-corrected chi connectivity index (χ4v) is 2.34. The van der Waals surface area contributed by atoms with E-state index in [1.807, 2.05) is 0 Å². The number of aliphatic hydroxyl groups excluding tert-OH is 2. The van der Waals surface area contributed by atoms with Gasteiger partial charge in [-0.2, -0.15) is 0 Å². The summed E-state index contributed by atoms with van der Waals surface area (Å²) in [6.45, 7) is -0.569. The second-order valence-electron chi connectivity index (χ2n) is 3.47. The van der Waals surface area contributed by atoms with E-state index in [1.165, 1.54) is 0 Å². The minimum Gasteiger partial charge on any atom is -0.371 e. The molecule has 0 spiro atoms. The number of fused-ring (bicyclic) bond motifs is 2. The van der Waals surface area contributed by atoms with Gasteiger partial charge in [-0.25, -0.2) is 0 Å². The third-order valence-electron chi connectivity index (χ3n) is 2.85. The molecule has 0 saturated heterocycles. The van der Waals surface area contributed by atoms with Crippen LogP contribution >= 0.6 is 0 Å². The van der Waals surface area contributed by atoms with Crippen LogP contribution in [0.5, 0.6) is 0 Å². The standard InChI is InChI=1S/C9H14O4/c10-4-12-8-6-1-2-7(3-6)9(8)13-5-11/h1-2,6-11H,3-5H2. The van der Waals surface area contributed by atoms with Gasteiger partial charge in [-0.1, -0.05) is 12.2 Å². The van der Waals surface area contributed by atoms with Gasteiger partial charge < -0.3 is 19.7 Å². The monoisotopic (exact) mass is 186 g/mol. The molecule has 1 saturated carbocycles. The first kappa shape index (κ1) is 9.15. The van der Waals surface area contributed by atoms with Gasteiger partial charge in [0.1, 0.15) is 13.6 Å². The summed E-state index contributed by atoms with van der Waals surface area (Å²) in [7, 11) is 0. The van der Waals surface area contributed by atoms with Gasteiger partial charge in [0.2, 0.25) is 0 Å². The van der Waals surface area contributed by atoms with Crippen LogP contribution in [0.4, 0.5) is 0 Å². The summed E-state index contributed by atoms with van der Waals surface area (Å²) in [4.78, 5) is 0. The lowest BCUT2D eigenvalue weighted by molar-refractivity contribution is -0.147. The quantitative estimate of drug-likeness (QED) is 0.474. The Hall–Kier alpha value is -0.420. The highest BCUT2D eigenvalue weighted by atomic mass is 16.6. The Morgan fingerprint density at radius 2 is 1.46 bits per heavy atom. The zero-order valence-corrected chi connectivity index (χ0v) is 7.30. The zero-order valence-electron chi connectivity index (χ0n) is 7.30. The average Bonchev–Trinajstić information content (AvgIpc) is 2.69. The number of ether oxygens (including phenoxy) is 2. The van der Waals surface area contributed by atoms with Crippen LogP contribution in [-0.2, 0) is 9.47 Å². The van der Waals surface area contributed by atoms with Crippen molar-refractivity contribution in [3.05, 3.63) is 12.2 Å². The maximum absolute atomic E-state index is 8.68. The molecule has 1 fully saturated rings. The van der Waals surface area contributed by atoms with E-state index in [9.17, 15) is 0 Å². The zero-order chi connectivity index (χ0) is 9.26. The molecule has 0 amide bonds. The summed E-state index contributed by atoms with van der Waals surface area (Å²) in [6, 6.07) is 0. The maximum atomic E-state index is 8.68. The first-order chi connectivity index (χ1) is 6.36. The highest BCUT2D eigenvalue weighted by molar-refractivity contribution is 5.15. The van der Waals surface area contributed by atoms with Crippen molar-refractivity contribution in [1.82, 2.24) is 0 Å². The van der Waals surface area contributed by atoms with E-state index in [0.29, 0.717) is 11.8 Å². The lowest BCUT2D eigenvalue weighted by Gasteiger charge is -2.26. The molecule has 4 heteroatoms. The van der Waals surface area contributed by atoms with Crippen LogP contribution in [-0.4, -0.2) is 36.0 Å². The molecule has 0 aromatic rings. The molecule has 4 atom stereocenters. The largest absolute Gasteiger partial charge is 0.371 e. The fourth-order valence-electron chi connectivity index (χ4n) is 2.34.